The molecular formula is C22H34O7. The summed E-state index contributed by atoms with van der Waals surface area (Å²) in [4.78, 5) is 22.9. The molecule has 0 aromatic rings. The first-order chi connectivity index (χ1) is 13.7. The van der Waals surface area contributed by atoms with Gasteiger partial charge in [0.15, 0.2) is 6.29 Å². The molecule has 0 radical (unpaired) electrons. The quantitative estimate of drug-likeness (QED) is 0.565. The number of aliphatic hydroxyl groups excluding tert-OH is 1. The molecule has 9 atom stereocenters. The van der Waals surface area contributed by atoms with Crippen molar-refractivity contribution in [3.05, 3.63) is 0 Å². The molecule has 4 fully saturated rings. The molecule has 7 nitrogen and oxygen atoms in total. The van der Waals surface area contributed by atoms with Gasteiger partial charge in [0, 0.05) is 30.6 Å². The molecular weight excluding hydrogens is 376 g/mol. The van der Waals surface area contributed by atoms with Gasteiger partial charge in [-0.05, 0) is 38.0 Å². The van der Waals surface area contributed by atoms with Crippen LogP contribution in [0.4, 0.5) is 0 Å². The third kappa shape index (κ3) is 3.12. The van der Waals surface area contributed by atoms with Gasteiger partial charge in [-0.2, -0.15) is 0 Å². The number of aliphatic hydroxyl groups is 1. The van der Waals surface area contributed by atoms with Crippen LogP contribution in [0.3, 0.4) is 0 Å². The minimum absolute atomic E-state index is 0.0318. The monoisotopic (exact) mass is 410 g/mol. The fraction of sp³-hybridized carbons (Fsp3) is 0.909. The zero-order chi connectivity index (χ0) is 21.0. The van der Waals surface area contributed by atoms with E-state index in [2.05, 4.69) is 20.8 Å². The molecule has 4 rings (SSSR count). The van der Waals surface area contributed by atoms with E-state index in [1.54, 1.807) is 0 Å². The van der Waals surface area contributed by atoms with Crippen molar-refractivity contribution in [2.45, 2.75) is 95.9 Å². The summed E-state index contributed by atoms with van der Waals surface area (Å²) in [6.45, 7) is 8.98. The maximum atomic E-state index is 11.6. The molecule has 1 N–H and O–H groups in total. The fourth-order valence-electron chi connectivity index (χ4n) is 7.35. The fourth-order valence-corrected chi connectivity index (χ4v) is 7.35. The van der Waals surface area contributed by atoms with E-state index in [0.29, 0.717) is 19.5 Å². The van der Waals surface area contributed by atoms with Crippen LogP contribution in [-0.2, 0) is 28.5 Å². The van der Waals surface area contributed by atoms with E-state index in [9.17, 15) is 14.7 Å². The third-order valence-corrected chi connectivity index (χ3v) is 8.57. The molecule has 2 heterocycles. The standard InChI is InChI=1S/C22H34O7/c1-13-9-17(27-12-23)19-14(2)16(28-15(3)24)5-6-20(19,4)22(13)8-7-21(29-22)10-18(25)26-11-21/h12-14,16-19,25H,5-11H2,1-4H3/t13-,14-,16-,17+,18-,19+,20+,21-,22-/m1/s1. The van der Waals surface area contributed by atoms with E-state index < -0.39 is 11.9 Å². The lowest BCUT2D eigenvalue weighted by atomic mass is 9.46. The van der Waals surface area contributed by atoms with Gasteiger partial charge in [-0.3, -0.25) is 9.59 Å². The van der Waals surface area contributed by atoms with Gasteiger partial charge < -0.3 is 24.1 Å². The second-order valence-corrected chi connectivity index (χ2v) is 10.0. The van der Waals surface area contributed by atoms with Crippen molar-refractivity contribution in [1.82, 2.24) is 0 Å². The molecule has 0 unspecified atom stereocenters. The number of rotatable bonds is 3. The Balaban J connectivity index is 1.70. The Kier molecular flexibility index (Phi) is 5.23. The Labute approximate surface area is 172 Å². The lowest BCUT2D eigenvalue weighted by molar-refractivity contribution is -0.269. The first kappa shape index (κ1) is 21.1. The summed E-state index contributed by atoms with van der Waals surface area (Å²) in [5.41, 5.74) is -1.04. The highest BCUT2D eigenvalue weighted by atomic mass is 16.6. The molecule has 0 bridgehead atoms. The van der Waals surface area contributed by atoms with Gasteiger partial charge in [-0.1, -0.05) is 20.8 Å². The predicted octanol–water partition coefficient (Wildman–Crippen LogP) is 2.58. The van der Waals surface area contributed by atoms with Gasteiger partial charge in [-0.15, -0.1) is 0 Å². The van der Waals surface area contributed by atoms with Crippen LogP contribution in [0.2, 0.25) is 0 Å². The lowest BCUT2D eigenvalue weighted by Gasteiger charge is -2.63. The lowest BCUT2D eigenvalue weighted by Crippen LogP contribution is -2.67. The topological polar surface area (TPSA) is 91.3 Å². The molecule has 4 aliphatic rings. The minimum atomic E-state index is -0.766. The number of esters is 1. The molecule has 0 aromatic heterocycles. The van der Waals surface area contributed by atoms with Gasteiger partial charge in [0.05, 0.1) is 17.8 Å². The number of hydrogen-bond acceptors (Lipinski definition) is 7. The second kappa shape index (κ2) is 7.20. The zero-order valence-corrected chi connectivity index (χ0v) is 17.9. The highest BCUT2D eigenvalue weighted by Crippen LogP contribution is 2.66. The molecule has 2 aliphatic carbocycles. The molecule has 2 spiro atoms. The average Bonchev–Trinajstić information content (AvgIpc) is 3.20. The molecule has 2 saturated heterocycles. The number of ether oxygens (including phenoxy) is 4. The van der Waals surface area contributed by atoms with E-state index in [1.165, 1.54) is 6.92 Å². The van der Waals surface area contributed by atoms with Crippen LogP contribution < -0.4 is 0 Å². The van der Waals surface area contributed by atoms with E-state index in [0.717, 1.165) is 32.1 Å². The Hall–Kier alpha value is -1.18. The van der Waals surface area contributed by atoms with Gasteiger partial charge >= 0.3 is 5.97 Å². The molecule has 0 aromatic carbocycles. The number of carbonyl (C=O) groups excluding carboxylic acids is 2. The van der Waals surface area contributed by atoms with Crippen molar-refractivity contribution in [3.8, 4) is 0 Å². The van der Waals surface area contributed by atoms with Crippen molar-refractivity contribution in [3.63, 3.8) is 0 Å². The van der Waals surface area contributed by atoms with E-state index in [4.69, 9.17) is 18.9 Å². The Morgan fingerprint density at radius 3 is 2.59 bits per heavy atom. The summed E-state index contributed by atoms with van der Waals surface area (Å²) in [5, 5.41) is 9.97. The maximum Gasteiger partial charge on any atom is 0.302 e. The van der Waals surface area contributed by atoms with Gasteiger partial charge in [-0.25, -0.2) is 0 Å². The van der Waals surface area contributed by atoms with Crippen LogP contribution in [0, 0.1) is 23.2 Å². The van der Waals surface area contributed by atoms with Gasteiger partial charge in [0.25, 0.3) is 6.47 Å². The smallest absolute Gasteiger partial charge is 0.302 e. The highest BCUT2D eigenvalue weighted by Gasteiger charge is 2.69. The Morgan fingerprint density at radius 1 is 1.21 bits per heavy atom. The van der Waals surface area contributed by atoms with E-state index in [1.807, 2.05) is 0 Å². The van der Waals surface area contributed by atoms with Gasteiger partial charge in [0.1, 0.15) is 12.2 Å². The van der Waals surface area contributed by atoms with Crippen molar-refractivity contribution in [2.75, 3.05) is 6.61 Å². The summed E-state index contributed by atoms with van der Waals surface area (Å²) < 4.78 is 23.7. The molecule has 7 heteroatoms. The molecule has 2 aliphatic heterocycles. The normalized spacial score (nSPS) is 51.8. The van der Waals surface area contributed by atoms with Gasteiger partial charge in [0.2, 0.25) is 0 Å². The summed E-state index contributed by atoms with van der Waals surface area (Å²) in [6, 6.07) is 0. The summed E-state index contributed by atoms with van der Waals surface area (Å²) in [6.07, 6.45) is 3.41. The SMILES string of the molecule is CC(=O)O[C@@H]1CC[C@@]2(C)[C@@H]([C@@H]1C)[C@@H](OC=O)C[C@@H](C)[C@]21CC[C@@]2(CO[C@@H](O)C2)O1. The predicted molar refractivity (Wildman–Crippen MR) is 103 cm³/mol. The van der Waals surface area contributed by atoms with Crippen LogP contribution in [0.25, 0.3) is 0 Å². The van der Waals surface area contributed by atoms with Crippen LogP contribution in [0.1, 0.15) is 66.2 Å². The third-order valence-electron chi connectivity index (χ3n) is 8.57. The van der Waals surface area contributed by atoms with Crippen molar-refractivity contribution in [2.24, 2.45) is 23.2 Å². The highest BCUT2D eigenvalue weighted by molar-refractivity contribution is 5.66. The molecule has 2 saturated carbocycles. The van der Waals surface area contributed by atoms with Crippen LogP contribution in [-0.4, -0.2) is 53.9 Å². The Morgan fingerprint density at radius 2 is 1.97 bits per heavy atom. The van der Waals surface area contributed by atoms with Crippen LogP contribution in [0.15, 0.2) is 0 Å². The van der Waals surface area contributed by atoms with Crippen molar-refractivity contribution in [1.29, 1.82) is 0 Å². The number of hydrogen-bond donors (Lipinski definition) is 1. The molecule has 0 amide bonds. The second-order valence-electron chi connectivity index (χ2n) is 10.0. The van der Waals surface area contributed by atoms with E-state index in [-0.39, 0.29) is 46.9 Å². The number of carbonyl (C=O) groups is 2. The largest absolute Gasteiger partial charge is 0.464 e. The summed E-state index contributed by atoms with van der Waals surface area (Å²) in [5.74, 6) is 0.00981. The van der Waals surface area contributed by atoms with Crippen LogP contribution >= 0.6 is 0 Å². The van der Waals surface area contributed by atoms with Crippen molar-refractivity contribution < 1.29 is 33.6 Å². The van der Waals surface area contributed by atoms with Crippen molar-refractivity contribution >= 4 is 12.4 Å². The molecule has 164 valence electrons. The Bertz CT molecular complexity index is 668. The molecule has 29 heavy (non-hydrogen) atoms. The summed E-state index contributed by atoms with van der Waals surface area (Å²) >= 11 is 0. The number of fused-ring (bicyclic) bond motifs is 2. The van der Waals surface area contributed by atoms with E-state index >= 15 is 0 Å². The maximum absolute atomic E-state index is 11.6. The van der Waals surface area contributed by atoms with Crippen LogP contribution in [0.5, 0.6) is 0 Å². The first-order valence-corrected chi connectivity index (χ1v) is 10.9. The summed E-state index contributed by atoms with van der Waals surface area (Å²) in [7, 11) is 0. The first-order valence-electron chi connectivity index (χ1n) is 10.9. The minimum Gasteiger partial charge on any atom is -0.464 e. The average molecular weight is 411 g/mol. The zero-order valence-electron chi connectivity index (χ0n) is 17.9.